The summed E-state index contributed by atoms with van der Waals surface area (Å²) in [6, 6.07) is 20.7. The molecule has 0 saturated carbocycles. The molecule has 0 aliphatic carbocycles. The Morgan fingerprint density at radius 2 is 1.77 bits per heavy atom. The molecule has 174 valence electrons. The molecule has 0 radical (unpaired) electrons. The summed E-state index contributed by atoms with van der Waals surface area (Å²) in [5, 5.41) is 7.49. The van der Waals surface area contributed by atoms with Crippen molar-refractivity contribution in [1.82, 2.24) is 14.6 Å². The van der Waals surface area contributed by atoms with Crippen molar-refractivity contribution in [2.45, 2.75) is 13.8 Å². The van der Waals surface area contributed by atoms with E-state index < -0.39 is 0 Å². The van der Waals surface area contributed by atoms with Crippen molar-refractivity contribution < 1.29 is 9.53 Å². The van der Waals surface area contributed by atoms with E-state index in [1.807, 2.05) is 80.6 Å². The van der Waals surface area contributed by atoms with Crippen LogP contribution in [0.3, 0.4) is 0 Å². The first kappa shape index (κ1) is 22.1. The Kier molecular flexibility index (Phi) is 5.62. The number of benzene rings is 3. The van der Waals surface area contributed by atoms with E-state index in [4.69, 9.17) is 20.4 Å². The molecule has 3 N–H and O–H groups in total. The number of methoxy groups -OCH3 is 1. The molecule has 35 heavy (non-hydrogen) atoms. The van der Waals surface area contributed by atoms with Gasteiger partial charge in [0.05, 0.1) is 24.4 Å². The highest BCUT2D eigenvalue weighted by molar-refractivity contribution is 6.16. The van der Waals surface area contributed by atoms with Gasteiger partial charge in [-0.3, -0.25) is 4.79 Å². The monoisotopic (exact) mass is 464 g/mol. The molecule has 0 atom stereocenters. The van der Waals surface area contributed by atoms with Gasteiger partial charge in [0.1, 0.15) is 22.6 Å². The molecule has 8 heteroatoms. The Balaban J connectivity index is 1.64. The average molecular weight is 465 g/mol. The lowest BCUT2D eigenvalue weighted by Crippen LogP contribution is -2.14. The van der Waals surface area contributed by atoms with Gasteiger partial charge in [0, 0.05) is 5.69 Å². The number of para-hydroxylation sites is 2. The van der Waals surface area contributed by atoms with Crippen LogP contribution in [-0.4, -0.2) is 33.9 Å². The summed E-state index contributed by atoms with van der Waals surface area (Å²) in [4.78, 5) is 22.9. The highest BCUT2D eigenvalue weighted by Gasteiger charge is 2.24. The van der Waals surface area contributed by atoms with Crippen molar-refractivity contribution in [3.63, 3.8) is 0 Å². The molecule has 2 aromatic heterocycles. The number of carbonyl (C=O) groups excluding carboxylic acids is 1. The van der Waals surface area contributed by atoms with Crippen LogP contribution < -0.4 is 15.8 Å². The van der Waals surface area contributed by atoms with Gasteiger partial charge >= 0.3 is 0 Å². The minimum Gasteiger partial charge on any atom is -0.497 e. The third-order valence-electron chi connectivity index (χ3n) is 5.88. The number of aryl methyl sites for hydroxylation is 2. The van der Waals surface area contributed by atoms with Gasteiger partial charge < -0.3 is 15.8 Å². The molecule has 2 heterocycles. The maximum absolute atomic E-state index is 13.4. The zero-order chi connectivity index (χ0) is 24.5. The van der Waals surface area contributed by atoms with Gasteiger partial charge in [0.2, 0.25) is 0 Å². The Morgan fingerprint density at radius 1 is 1.00 bits per heavy atom. The van der Waals surface area contributed by atoms with Crippen molar-refractivity contribution in [1.29, 1.82) is 0 Å². The van der Waals surface area contributed by atoms with E-state index in [-0.39, 0.29) is 17.3 Å². The molecule has 0 aliphatic heterocycles. The number of rotatable bonds is 5. The fourth-order valence-corrected chi connectivity index (χ4v) is 3.85. The van der Waals surface area contributed by atoms with Gasteiger partial charge in [-0.1, -0.05) is 30.3 Å². The van der Waals surface area contributed by atoms with Crippen molar-refractivity contribution in [2.75, 3.05) is 18.2 Å². The van der Waals surface area contributed by atoms with Gasteiger partial charge in [0.25, 0.3) is 5.91 Å². The standard InChI is InChI=1S/C27H24N6O2/c1-16-11-12-19(13-17(16)2)30-27(34)23-24-26(32-22-10-5-4-9-21(22)31-24)33(25(23)28)29-15-18-7-6-8-20(14-18)35-3/h4-15H,28H2,1-3H3,(H,30,34)/b29-15+. The molecule has 0 spiro atoms. The third kappa shape index (κ3) is 4.17. The maximum Gasteiger partial charge on any atom is 0.261 e. The number of nitrogens with zero attached hydrogens (tertiary/aromatic N) is 4. The first-order valence-corrected chi connectivity index (χ1v) is 11.1. The number of nitrogens with one attached hydrogen (secondary N) is 1. The number of aromatic nitrogens is 3. The van der Waals surface area contributed by atoms with Crippen molar-refractivity contribution >= 4 is 45.8 Å². The predicted molar refractivity (Wildman–Crippen MR) is 139 cm³/mol. The maximum atomic E-state index is 13.4. The largest absolute Gasteiger partial charge is 0.497 e. The summed E-state index contributed by atoms with van der Waals surface area (Å²) in [5.41, 5.74) is 12.5. The molecule has 0 fully saturated rings. The van der Waals surface area contributed by atoms with Gasteiger partial charge in [-0.25, -0.2) is 9.97 Å². The molecule has 8 nitrogen and oxygen atoms in total. The summed E-state index contributed by atoms with van der Waals surface area (Å²) in [7, 11) is 1.61. The summed E-state index contributed by atoms with van der Waals surface area (Å²) >= 11 is 0. The number of carbonyl (C=O) groups is 1. The van der Waals surface area contributed by atoms with E-state index >= 15 is 0 Å². The molecule has 0 bridgehead atoms. The first-order valence-electron chi connectivity index (χ1n) is 11.1. The number of amides is 1. The summed E-state index contributed by atoms with van der Waals surface area (Å²) in [6.07, 6.45) is 1.64. The number of hydrogen-bond acceptors (Lipinski definition) is 6. The zero-order valence-electron chi connectivity index (χ0n) is 19.6. The number of nitrogen functional groups attached to an aromatic ring is 1. The molecule has 0 unspecified atom stereocenters. The highest BCUT2D eigenvalue weighted by Crippen LogP contribution is 2.29. The van der Waals surface area contributed by atoms with Crippen LogP contribution in [0.15, 0.2) is 71.8 Å². The first-order chi connectivity index (χ1) is 16.9. The number of anilines is 2. The van der Waals surface area contributed by atoms with Crippen molar-refractivity contribution in [3.05, 3.63) is 89.0 Å². The van der Waals surface area contributed by atoms with Crippen LogP contribution >= 0.6 is 0 Å². The molecule has 0 saturated heterocycles. The van der Waals surface area contributed by atoms with Crippen molar-refractivity contribution in [3.8, 4) is 5.75 Å². The van der Waals surface area contributed by atoms with Crippen LogP contribution in [0.5, 0.6) is 5.75 Å². The fraction of sp³-hybridized carbons (Fsp3) is 0.111. The van der Waals surface area contributed by atoms with E-state index in [9.17, 15) is 4.79 Å². The van der Waals surface area contributed by atoms with Crippen LogP contribution in [0.4, 0.5) is 11.5 Å². The number of hydrogen-bond donors (Lipinski definition) is 2. The van der Waals surface area contributed by atoms with E-state index in [1.165, 1.54) is 4.68 Å². The highest BCUT2D eigenvalue weighted by atomic mass is 16.5. The Labute approximate surface area is 202 Å². The molecular formula is C27H24N6O2. The predicted octanol–water partition coefficient (Wildman–Crippen LogP) is 4.93. The third-order valence-corrected chi connectivity index (χ3v) is 5.88. The Morgan fingerprint density at radius 3 is 2.51 bits per heavy atom. The Hall–Kier alpha value is -4.72. The summed E-state index contributed by atoms with van der Waals surface area (Å²) in [6.45, 7) is 4.02. The molecule has 1 amide bonds. The van der Waals surface area contributed by atoms with Crippen LogP contribution in [0.1, 0.15) is 27.0 Å². The molecule has 5 rings (SSSR count). The minimum atomic E-state index is -0.379. The van der Waals surface area contributed by atoms with Crippen LogP contribution in [0.2, 0.25) is 0 Å². The SMILES string of the molecule is COc1cccc(/C=N/n2c(N)c(C(=O)Nc3ccc(C)c(C)c3)c3nc4ccccc4nc32)c1. The van der Waals surface area contributed by atoms with Crippen molar-refractivity contribution in [2.24, 2.45) is 5.10 Å². The number of nitrogens with two attached hydrogens (primary N) is 1. The lowest BCUT2D eigenvalue weighted by molar-refractivity contribution is 0.102. The summed E-state index contributed by atoms with van der Waals surface area (Å²) in [5.74, 6) is 0.477. The minimum absolute atomic E-state index is 0.149. The topological polar surface area (TPSA) is 107 Å². The normalized spacial score (nSPS) is 11.4. The quantitative estimate of drug-likeness (QED) is 0.359. The van der Waals surface area contributed by atoms with Crippen LogP contribution in [0.25, 0.3) is 22.2 Å². The van der Waals surface area contributed by atoms with E-state index in [0.29, 0.717) is 33.6 Å². The van der Waals surface area contributed by atoms with Gasteiger partial charge in [-0.2, -0.15) is 9.78 Å². The van der Waals surface area contributed by atoms with Gasteiger partial charge in [0.15, 0.2) is 5.65 Å². The number of ether oxygens (including phenoxy) is 1. The van der Waals surface area contributed by atoms with E-state index in [1.54, 1.807) is 13.3 Å². The molecular weight excluding hydrogens is 440 g/mol. The summed E-state index contributed by atoms with van der Waals surface area (Å²) < 4.78 is 6.74. The van der Waals surface area contributed by atoms with Crippen LogP contribution in [0, 0.1) is 13.8 Å². The molecule has 3 aromatic carbocycles. The Bertz CT molecular complexity index is 1620. The molecule has 0 aliphatic rings. The van der Waals surface area contributed by atoms with E-state index in [0.717, 1.165) is 16.7 Å². The lowest BCUT2D eigenvalue weighted by Gasteiger charge is -2.08. The lowest BCUT2D eigenvalue weighted by atomic mass is 10.1. The van der Waals surface area contributed by atoms with Gasteiger partial charge in [-0.15, -0.1) is 0 Å². The smallest absolute Gasteiger partial charge is 0.261 e. The molecule has 5 aromatic rings. The average Bonchev–Trinajstić information content (AvgIpc) is 3.13. The van der Waals surface area contributed by atoms with Gasteiger partial charge in [-0.05, 0) is 66.9 Å². The second-order valence-electron chi connectivity index (χ2n) is 8.23. The zero-order valence-corrected chi connectivity index (χ0v) is 19.6. The van der Waals surface area contributed by atoms with E-state index in [2.05, 4.69) is 10.4 Å². The second kappa shape index (κ2) is 8.90. The van der Waals surface area contributed by atoms with Crippen LogP contribution in [-0.2, 0) is 0 Å². The second-order valence-corrected chi connectivity index (χ2v) is 8.23. The number of fused-ring (bicyclic) bond motifs is 2. The fourth-order valence-electron chi connectivity index (χ4n) is 3.85.